The first-order valence-electron chi connectivity index (χ1n) is 6.58. The number of nitrogens with zero attached hydrogens (tertiary/aromatic N) is 2. The maximum atomic E-state index is 5.81. The Labute approximate surface area is 110 Å². The van der Waals surface area contributed by atoms with Crippen molar-refractivity contribution in [1.82, 2.24) is 15.2 Å². The van der Waals surface area contributed by atoms with Crippen LogP contribution >= 0.6 is 0 Å². The Bertz CT molecular complexity index is 353. The zero-order valence-electron chi connectivity index (χ0n) is 12.0. The molecule has 0 bridgehead atoms. The number of nitrogens with one attached hydrogen (secondary N) is 1. The molecule has 0 aliphatic heterocycles. The van der Waals surface area contributed by atoms with Gasteiger partial charge in [0.1, 0.15) is 5.75 Å². The second-order valence-corrected chi connectivity index (χ2v) is 4.68. The average molecular weight is 251 g/mol. The van der Waals surface area contributed by atoms with Crippen molar-refractivity contribution < 1.29 is 4.74 Å². The highest BCUT2D eigenvalue weighted by Gasteiger charge is 2.05. The van der Waals surface area contributed by atoms with Gasteiger partial charge in [-0.3, -0.25) is 4.98 Å². The van der Waals surface area contributed by atoms with Gasteiger partial charge in [0.25, 0.3) is 0 Å². The van der Waals surface area contributed by atoms with Crippen LogP contribution in [-0.2, 0) is 6.54 Å². The molecule has 0 radical (unpaired) electrons. The molecule has 0 fully saturated rings. The number of aryl methyl sites for hydroxylation is 1. The van der Waals surface area contributed by atoms with Crippen molar-refractivity contribution in [2.75, 3.05) is 33.8 Å². The van der Waals surface area contributed by atoms with Gasteiger partial charge in [-0.25, -0.2) is 0 Å². The van der Waals surface area contributed by atoms with Crippen LogP contribution in [-0.4, -0.2) is 43.7 Å². The molecule has 0 saturated carbocycles. The van der Waals surface area contributed by atoms with E-state index >= 15 is 0 Å². The number of pyridine rings is 1. The fourth-order valence-corrected chi connectivity index (χ4v) is 1.66. The van der Waals surface area contributed by atoms with Crippen molar-refractivity contribution in [3.63, 3.8) is 0 Å². The van der Waals surface area contributed by atoms with Crippen LogP contribution < -0.4 is 10.1 Å². The lowest BCUT2D eigenvalue weighted by atomic mass is 10.3. The van der Waals surface area contributed by atoms with E-state index in [9.17, 15) is 0 Å². The second-order valence-electron chi connectivity index (χ2n) is 4.68. The molecule has 4 nitrogen and oxygen atoms in total. The van der Waals surface area contributed by atoms with Crippen LogP contribution in [0.5, 0.6) is 5.75 Å². The van der Waals surface area contributed by atoms with Crippen molar-refractivity contribution in [3.8, 4) is 5.75 Å². The van der Waals surface area contributed by atoms with E-state index in [2.05, 4.69) is 36.2 Å². The summed E-state index contributed by atoms with van der Waals surface area (Å²) >= 11 is 0. The van der Waals surface area contributed by atoms with Crippen molar-refractivity contribution in [2.45, 2.75) is 26.8 Å². The lowest BCUT2D eigenvalue weighted by Gasteiger charge is -2.13. The Morgan fingerprint density at radius 1 is 1.33 bits per heavy atom. The van der Waals surface area contributed by atoms with E-state index in [-0.39, 0.29) is 0 Å². The molecule has 0 atom stereocenters. The summed E-state index contributed by atoms with van der Waals surface area (Å²) in [5.41, 5.74) is 2.03. The lowest BCUT2D eigenvalue weighted by molar-refractivity contribution is 0.277. The number of aromatic nitrogens is 1. The van der Waals surface area contributed by atoms with Crippen molar-refractivity contribution >= 4 is 0 Å². The molecule has 1 aromatic heterocycles. The summed E-state index contributed by atoms with van der Waals surface area (Å²) in [6, 6.07) is 4.02. The Balaban J connectivity index is 2.52. The molecule has 0 aliphatic carbocycles. The fourth-order valence-electron chi connectivity index (χ4n) is 1.66. The predicted molar refractivity (Wildman–Crippen MR) is 75.0 cm³/mol. The van der Waals surface area contributed by atoms with Crippen LogP contribution in [0.2, 0.25) is 0 Å². The lowest BCUT2D eigenvalue weighted by Crippen LogP contribution is -2.17. The quantitative estimate of drug-likeness (QED) is 0.715. The Morgan fingerprint density at radius 2 is 2.11 bits per heavy atom. The maximum Gasteiger partial charge on any atom is 0.142 e. The third-order valence-corrected chi connectivity index (χ3v) is 2.62. The number of ether oxygens (including phenoxy) is 1. The van der Waals surface area contributed by atoms with Gasteiger partial charge in [-0.2, -0.15) is 0 Å². The number of hydrogen-bond donors (Lipinski definition) is 1. The summed E-state index contributed by atoms with van der Waals surface area (Å²) in [7, 11) is 4.15. The molecule has 1 aromatic rings. The third kappa shape index (κ3) is 5.47. The van der Waals surface area contributed by atoms with Crippen molar-refractivity contribution in [3.05, 3.63) is 23.5 Å². The molecule has 0 amide bonds. The fraction of sp³-hybridized carbons (Fsp3) is 0.643. The van der Waals surface area contributed by atoms with Crippen LogP contribution in [0.1, 0.15) is 24.7 Å². The van der Waals surface area contributed by atoms with E-state index < -0.39 is 0 Å². The summed E-state index contributed by atoms with van der Waals surface area (Å²) in [6.07, 6.45) is 1.03. The van der Waals surface area contributed by atoms with Crippen LogP contribution in [0.4, 0.5) is 0 Å². The number of rotatable bonds is 8. The van der Waals surface area contributed by atoms with Crippen molar-refractivity contribution in [1.29, 1.82) is 0 Å². The SMILES string of the molecule is CCNCc1nc(C)ccc1OCCCN(C)C. The first-order valence-corrected chi connectivity index (χ1v) is 6.58. The van der Waals surface area contributed by atoms with Gasteiger partial charge >= 0.3 is 0 Å². The number of hydrogen-bond acceptors (Lipinski definition) is 4. The van der Waals surface area contributed by atoms with E-state index in [0.717, 1.165) is 49.8 Å². The van der Waals surface area contributed by atoms with Gasteiger partial charge in [0.15, 0.2) is 0 Å². The molecule has 1 rings (SSSR count). The monoisotopic (exact) mass is 251 g/mol. The summed E-state index contributed by atoms with van der Waals surface area (Å²) in [5.74, 6) is 0.903. The molecule has 0 spiro atoms. The molecular weight excluding hydrogens is 226 g/mol. The predicted octanol–water partition coefficient (Wildman–Crippen LogP) is 1.83. The minimum atomic E-state index is 0.738. The molecule has 1 N–H and O–H groups in total. The normalized spacial score (nSPS) is 10.9. The van der Waals surface area contributed by atoms with E-state index in [1.54, 1.807) is 0 Å². The first kappa shape index (κ1) is 14.9. The molecule has 4 heteroatoms. The van der Waals surface area contributed by atoms with Gasteiger partial charge in [-0.15, -0.1) is 0 Å². The Hall–Kier alpha value is -1.13. The molecule has 0 aliphatic rings. The first-order chi connectivity index (χ1) is 8.63. The molecule has 102 valence electrons. The topological polar surface area (TPSA) is 37.4 Å². The van der Waals surface area contributed by atoms with Crippen LogP contribution in [0.25, 0.3) is 0 Å². The van der Waals surface area contributed by atoms with E-state index in [1.165, 1.54) is 0 Å². The molecule has 1 heterocycles. The Morgan fingerprint density at radius 3 is 2.78 bits per heavy atom. The zero-order chi connectivity index (χ0) is 13.4. The average Bonchev–Trinajstić information content (AvgIpc) is 2.33. The van der Waals surface area contributed by atoms with Gasteiger partial charge in [0, 0.05) is 18.8 Å². The smallest absolute Gasteiger partial charge is 0.142 e. The van der Waals surface area contributed by atoms with Gasteiger partial charge < -0.3 is 15.0 Å². The summed E-state index contributed by atoms with van der Waals surface area (Å²) in [4.78, 5) is 6.69. The second kappa shape index (κ2) is 8.06. The molecule has 0 saturated heterocycles. The standard InChI is InChI=1S/C14H25N3O/c1-5-15-11-13-14(8-7-12(2)16-13)18-10-6-9-17(3)4/h7-8,15H,5-6,9-11H2,1-4H3. The maximum absolute atomic E-state index is 5.81. The van der Waals surface area contributed by atoms with E-state index in [4.69, 9.17) is 4.74 Å². The van der Waals surface area contributed by atoms with Crippen LogP contribution in [0, 0.1) is 6.92 Å². The van der Waals surface area contributed by atoms with E-state index in [0.29, 0.717) is 0 Å². The van der Waals surface area contributed by atoms with E-state index in [1.807, 2.05) is 19.1 Å². The zero-order valence-corrected chi connectivity index (χ0v) is 12.0. The summed E-state index contributed by atoms with van der Waals surface area (Å²) in [6.45, 7) is 7.58. The highest BCUT2D eigenvalue weighted by Crippen LogP contribution is 2.17. The van der Waals surface area contributed by atoms with Gasteiger partial charge in [-0.1, -0.05) is 6.92 Å². The van der Waals surface area contributed by atoms with Gasteiger partial charge in [0.2, 0.25) is 0 Å². The molecule has 18 heavy (non-hydrogen) atoms. The van der Waals surface area contributed by atoms with Gasteiger partial charge in [0.05, 0.1) is 12.3 Å². The highest BCUT2D eigenvalue weighted by molar-refractivity contribution is 5.29. The molecule has 0 unspecified atom stereocenters. The summed E-state index contributed by atoms with van der Waals surface area (Å²) in [5, 5.41) is 3.29. The highest BCUT2D eigenvalue weighted by atomic mass is 16.5. The van der Waals surface area contributed by atoms with Crippen molar-refractivity contribution in [2.24, 2.45) is 0 Å². The molecular formula is C14H25N3O. The molecule has 0 aromatic carbocycles. The minimum absolute atomic E-state index is 0.738. The van der Waals surface area contributed by atoms with Crippen LogP contribution in [0.15, 0.2) is 12.1 Å². The minimum Gasteiger partial charge on any atom is -0.492 e. The third-order valence-electron chi connectivity index (χ3n) is 2.62. The van der Waals surface area contributed by atoms with Gasteiger partial charge in [-0.05, 0) is 46.1 Å². The Kier molecular flexibility index (Phi) is 6.68. The largest absolute Gasteiger partial charge is 0.492 e. The van der Waals surface area contributed by atoms with Crippen LogP contribution in [0.3, 0.4) is 0 Å². The summed E-state index contributed by atoms with van der Waals surface area (Å²) < 4.78 is 5.81.